The van der Waals surface area contributed by atoms with Crippen LogP contribution in [0.4, 0.5) is 13.2 Å². The number of carbonyl (C=O) groups excluding carboxylic acids is 1. The summed E-state index contributed by atoms with van der Waals surface area (Å²) in [7, 11) is 3.72. The zero-order chi connectivity index (χ0) is 27.2. The predicted octanol–water partition coefficient (Wildman–Crippen LogP) is 5.93. The number of alkyl halides is 3. The van der Waals surface area contributed by atoms with Gasteiger partial charge in [0, 0.05) is 17.7 Å². The summed E-state index contributed by atoms with van der Waals surface area (Å²) in [5, 5.41) is 8.79. The molecule has 0 radical (unpaired) electrons. The summed E-state index contributed by atoms with van der Waals surface area (Å²) >= 11 is 0. The highest BCUT2D eigenvalue weighted by Gasteiger charge is 2.38. The number of likely N-dealkylation sites (N-methyl/N-ethyl adjacent to an activating group) is 1. The minimum atomic E-state index is -4.70. The summed E-state index contributed by atoms with van der Waals surface area (Å²) in [5.74, 6) is 0.207. The Kier molecular flexibility index (Phi) is 9.39. The SMILES string of the molecule is C=CCN(CC)Cc1nnc(C(CCC)N(C)C)n1-c1c(C(=O)c2ccccc2)cccc1C(F)(F)F. The van der Waals surface area contributed by atoms with E-state index in [9.17, 15) is 18.0 Å². The molecule has 6 nitrogen and oxygen atoms in total. The number of hydrogen-bond acceptors (Lipinski definition) is 5. The molecule has 0 aliphatic carbocycles. The number of rotatable bonds is 12. The van der Waals surface area contributed by atoms with Gasteiger partial charge in [0.1, 0.15) is 0 Å². The van der Waals surface area contributed by atoms with E-state index in [1.807, 2.05) is 37.7 Å². The van der Waals surface area contributed by atoms with Crippen LogP contribution < -0.4 is 0 Å². The Hall–Kier alpha value is -3.30. The van der Waals surface area contributed by atoms with E-state index in [0.29, 0.717) is 36.7 Å². The smallest absolute Gasteiger partial charge is 0.300 e. The molecular formula is C28H34F3N5O. The Balaban J connectivity index is 2.38. The molecule has 0 saturated heterocycles. The Labute approximate surface area is 216 Å². The first-order valence-corrected chi connectivity index (χ1v) is 12.4. The van der Waals surface area contributed by atoms with Crippen LogP contribution in [0, 0.1) is 0 Å². The van der Waals surface area contributed by atoms with Crippen molar-refractivity contribution in [3.63, 3.8) is 0 Å². The second-order valence-electron chi connectivity index (χ2n) is 9.09. The summed E-state index contributed by atoms with van der Waals surface area (Å²) in [6.45, 7) is 9.16. The lowest BCUT2D eigenvalue weighted by Gasteiger charge is -2.27. The summed E-state index contributed by atoms with van der Waals surface area (Å²) in [4.78, 5) is 17.5. The molecule has 198 valence electrons. The van der Waals surface area contributed by atoms with E-state index in [1.54, 1.807) is 36.4 Å². The van der Waals surface area contributed by atoms with Gasteiger partial charge in [0.2, 0.25) is 0 Å². The van der Waals surface area contributed by atoms with Gasteiger partial charge in [-0.1, -0.05) is 62.7 Å². The van der Waals surface area contributed by atoms with Crippen LogP contribution in [0.1, 0.15) is 65.9 Å². The van der Waals surface area contributed by atoms with Crippen molar-refractivity contribution in [3.8, 4) is 5.69 Å². The zero-order valence-corrected chi connectivity index (χ0v) is 21.8. The Morgan fingerprint density at radius 3 is 2.35 bits per heavy atom. The highest BCUT2D eigenvalue weighted by molar-refractivity contribution is 6.11. The van der Waals surface area contributed by atoms with Gasteiger partial charge in [-0.05, 0) is 39.2 Å². The molecule has 0 fully saturated rings. The quantitative estimate of drug-likeness (QED) is 0.222. The lowest BCUT2D eigenvalue weighted by Crippen LogP contribution is -2.28. The minimum Gasteiger partial charge on any atom is -0.300 e. The van der Waals surface area contributed by atoms with Gasteiger partial charge in [-0.3, -0.25) is 19.2 Å². The van der Waals surface area contributed by atoms with Crippen molar-refractivity contribution in [1.29, 1.82) is 0 Å². The maximum absolute atomic E-state index is 14.5. The van der Waals surface area contributed by atoms with Gasteiger partial charge < -0.3 is 0 Å². The first kappa shape index (κ1) is 28.3. The van der Waals surface area contributed by atoms with Crippen LogP contribution in [-0.2, 0) is 12.7 Å². The number of carbonyl (C=O) groups is 1. The topological polar surface area (TPSA) is 54.3 Å². The van der Waals surface area contributed by atoms with E-state index in [1.165, 1.54) is 16.7 Å². The fourth-order valence-corrected chi connectivity index (χ4v) is 4.41. The summed E-state index contributed by atoms with van der Waals surface area (Å²) < 4.78 is 45.0. The van der Waals surface area contributed by atoms with E-state index in [4.69, 9.17) is 0 Å². The molecule has 1 unspecified atom stereocenters. The third-order valence-electron chi connectivity index (χ3n) is 6.28. The van der Waals surface area contributed by atoms with E-state index in [0.717, 1.165) is 12.5 Å². The van der Waals surface area contributed by atoms with Crippen molar-refractivity contribution in [3.05, 3.63) is 89.5 Å². The molecule has 1 aromatic heterocycles. The molecule has 0 N–H and O–H groups in total. The van der Waals surface area contributed by atoms with E-state index in [-0.39, 0.29) is 23.8 Å². The Morgan fingerprint density at radius 2 is 1.78 bits per heavy atom. The van der Waals surface area contributed by atoms with Gasteiger partial charge in [0.25, 0.3) is 0 Å². The average Bonchev–Trinajstić information content (AvgIpc) is 3.28. The minimum absolute atomic E-state index is 0.0518. The van der Waals surface area contributed by atoms with Gasteiger partial charge in [0.05, 0.1) is 23.8 Å². The molecule has 0 amide bonds. The molecule has 1 heterocycles. The molecule has 3 rings (SSSR count). The fourth-order valence-electron chi connectivity index (χ4n) is 4.41. The number of benzene rings is 2. The molecule has 37 heavy (non-hydrogen) atoms. The zero-order valence-electron chi connectivity index (χ0n) is 21.8. The molecule has 0 saturated carbocycles. The summed E-state index contributed by atoms with van der Waals surface area (Å²) in [6.07, 6.45) is -1.52. The molecular weight excluding hydrogens is 479 g/mol. The third kappa shape index (κ3) is 6.34. The molecule has 0 aliphatic heterocycles. The van der Waals surface area contributed by atoms with Crippen molar-refractivity contribution in [1.82, 2.24) is 24.6 Å². The van der Waals surface area contributed by atoms with Crippen molar-refractivity contribution >= 4 is 5.78 Å². The van der Waals surface area contributed by atoms with Crippen LogP contribution in [0.3, 0.4) is 0 Å². The van der Waals surface area contributed by atoms with Crippen molar-refractivity contribution in [2.45, 2.75) is 45.5 Å². The number of hydrogen-bond donors (Lipinski definition) is 0. The molecule has 9 heteroatoms. The molecule has 1 atom stereocenters. The highest BCUT2D eigenvalue weighted by atomic mass is 19.4. The molecule has 0 bridgehead atoms. The van der Waals surface area contributed by atoms with Crippen LogP contribution in [-0.4, -0.2) is 57.5 Å². The second kappa shape index (κ2) is 12.3. The number of para-hydroxylation sites is 1. The third-order valence-corrected chi connectivity index (χ3v) is 6.28. The van der Waals surface area contributed by atoms with Crippen LogP contribution in [0.5, 0.6) is 0 Å². The van der Waals surface area contributed by atoms with Gasteiger partial charge in [-0.2, -0.15) is 13.2 Å². The highest BCUT2D eigenvalue weighted by Crippen LogP contribution is 2.38. The Morgan fingerprint density at radius 1 is 1.08 bits per heavy atom. The maximum atomic E-state index is 14.5. The average molecular weight is 514 g/mol. The van der Waals surface area contributed by atoms with Crippen LogP contribution >= 0.6 is 0 Å². The monoisotopic (exact) mass is 513 g/mol. The normalized spacial score (nSPS) is 12.8. The Bertz CT molecular complexity index is 1200. The molecule has 2 aromatic carbocycles. The van der Waals surface area contributed by atoms with Gasteiger partial charge in [0.15, 0.2) is 17.4 Å². The molecule has 3 aromatic rings. The fraction of sp³-hybridized carbons (Fsp3) is 0.393. The van der Waals surface area contributed by atoms with Crippen LogP contribution in [0.25, 0.3) is 5.69 Å². The number of ketones is 1. The van der Waals surface area contributed by atoms with Gasteiger partial charge in [-0.25, -0.2) is 0 Å². The summed E-state index contributed by atoms with van der Waals surface area (Å²) in [6, 6.07) is 11.8. The first-order chi connectivity index (χ1) is 17.6. The van der Waals surface area contributed by atoms with Crippen LogP contribution in [0.2, 0.25) is 0 Å². The van der Waals surface area contributed by atoms with Gasteiger partial charge in [-0.15, -0.1) is 16.8 Å². The van der Waals surface area contributed by atoms with Crippen LogP contribution in [0.15, 0.2) is 61.2 Å². The maximum Gasteiger partial charge on any atom is 0.418 e. The van der Waals surface area contributed by atoms with Crippen molar-refractivity contribution < 1.29 is 18.0 Å². The largest absolute Gasteiger partial charge is 0.418 e. The lowest BCUT2D eigenvalue weighted by molar-refractivity contribution is -0.137. The van der Waals surface area contributed by atoms with Gasteiger partial charge >= 0.3 is 6.18 Å². The van der Waals surface area contributed by atoms with E-state index >= 15 is 0 Å². The predicted molar refractivity (Wildman–Crippen MR) is 139 cm³/mol. The number of nitrogens with zero attached hydrogens (tertiary/aromatic N) is 5. The first-order valence-electron chi connectivity index (χ1n) is 12.4. The second-order valence-corrected chi connectivity index (χ2v) is 9.09. The van der Waals surface area contributed by atoms with Crippen molar-refractivity contribution in [2.75, 3.05) is 27.2 Å². The lowest BCUT2D eigenvalue weighted by atomic mass is 9.97. The molecule has 0 spiro atoms. The number of aromatic nitrogens is 3. The van der Waals surface area contributed by atoms with E-state index in [2.05, 4.69) is 16.8 Å². The summed E-state index contributed by atoms with van der Waals surface area (Å²) in [5.41, 5.74) is -0.892. The number of halogens is 3. The molecule has 0 aliphatic rings. The van der Waals surface area contributed by atoms with Crippen molar-refractivity contribution in [2.24, 2.45) is 0 Å². The van der Waals surface area contributed by atoms with E-state index < -0.39 is 17.5 Å². The standard InChI is InChI=1S/C28H34F3N5O/c1-6-13-23(34(4)5)27-33-32-24(19-35(8-3)18-7-2)36(27)25-21(16-12-17-22(25)28(29,30)31)26(37)20-14-10-9-11-15-20/h7,9-12,14-17,23H,2,6,8,13,18-19H2,1,3-5H3.